The third-order valence-electron chi connectivity index (χ3n) is 4.26. The second-order valence-corrected chi connectivity index (χ2v) is 9.17. The SMILES string of the molecule is O=C(CCc1ccc(Cl)cc1Cl)N1CC(S(=O)(=O)Cc2ccco2)C1. The molecule has 0 spiro atoms. The topological polar surface area (TPSA) is 67.6 Å². The minimum absolute atomic E-state index is 0.0736. The molecule has 1 amide bonds. The molecule has 134 valence electrons. The van der Waals surface area contributed by atoms with E-state index in [1.807, 2.05) is 0 Å². The van der Waals surface area contributed by atoms with E-state index in [-0.39, 0.29) is 31.2 Å². The number of halogens is 2. The fourth-order valence-corrected chi connectivity index (χ4v) is 4.82. The normalized spacial score (nSPS) is 15.2. The summed E-state index contributed by atoms with van der Waals surface area (Å²) in [4.78, 5) is 13.8. The van der Waals surface area contributed by atoms with Crippen LogP contribution in [0.4, 0.5) is 0 Å². The van der Waals surface area contributed by atoms with Crippen LogP contribution < -0.4 is 0 Å². The fraction of sp³-hybridized carbons (Fsp3) is 0.353. The number of likely N-dealkylation sites (tertiary alicyclic amines) is 1. The molecule has 0 radical (unpaired) electrons. The van der Waals surface area contributed by atoms with E-state index in [0.29, 0.717) is 22.2 Å². The lowest BCUT2D eigenvalue weighted by Gasteiger charge is -2.38. The Hall–Kier alpha value is -1.50. The average Bonchev–Trinajstić information content (AvgIpc) is 2.96. The van der Waals surface area contributed by atoms with Gasteiger partial charge in [0.05, 0.1) is 11.5 Å². The van der Waals surface area contributed by atoms with Crippen LogP contribution in [-0.4, -0.2) is 37.6 Å². The molecule has 1 saturated heterocycles. The van der Waals surface area contributed by atoms with Gasteiger partial charge in [0.15, 0.2) is 9.84 Å². The molecule has 0 saturated carbocycles. The highest BCUT2D eigenvalue weighted by Gasteiger charge is 2.39. The third-order valence-corrected chi connectivity index (χ3v) is 6.84. The van der Waals surface area contributed by atoms with Crippen molar-refractivity contribution in [2.75, 3.05) is 13.1 Å². The summed E-state index contributed by atoms with van der Waals surface area (Å²) in [7, 11) is -3.31. The smallest absolute Gasteiger partial charge is 0.222 e. The highest BCUT2D eigenvalue weighted by atomic mass is 35.5. The van der Waals surface area contributed by atoms with Crippen LogP contribution in [0, 0.1) is 0 Å². The van der Waals surface area contributed by atoms with Crippen molar-refractivity contribution in [3.05, 3.63) is 58.0 Å². The molecule has 2 heterocycles. The predicted molar refractivity (Wildman–Crippen MR) is 96.5 cm³/mol. The van der Waals surface area contributed by atoms with E-state index in [9.17, 15) is 13.2 Å². The zero-order valence-corrected chi connectivity index (χ0v) is 15.6. The summed E-state index contributed by atoms with van der Waals surface area (Å²) in [6, 6.07) is 8.46. The second kappa shape index (κ2) is 7.40. The summed E-state index contributed by atoms with van der Waals surface area (Å²) in [5.74, 6) is 0.213. The lowest BCUT2D eigenvalue weighted by atomic mass is 10.1. The van der Waals surface area contributed by atoms with E-state index in [0.717, 1.165) is 5.56 Å². The van der Waals surface area contributed by atoms with Crippen molar-refractivity contribution in [1.29, 1.82) is 0 Å². The van der Waals surface area contributed by atoms with Crippen LogP contribution in [0.2, 0.25) is 10.0 Å². The summed E-state index contributed by atoms with van der Waals surface area (Å²) in [5, 5.41) is 0.552. The molecule has 3 rings (SSSR count). The van der Waals surface area contributed by atoms with Crippen LogP contribution in [0.3, 0.4) is 0 Å². The molecule has 0 aliphatic carbocycles. The lowest BCUT2D eigenvalue weighted by molar-refractivity contribution is -0.134. The first-order valence-electron chi connectivity index (χ1n) is 7.81. The van der Waals surface area contributed by atoms with Gasteiger partial charge in [0.25, 0.3) is 0 Å². The Kier molecular flexibility index (Phi) is 5.41. The first-order chi connectivity index (χ1) is 11.8. The summed E-state index contributed by atoms with van der Waals surface area (Å²) in [5.41, 5.74) is 0.849. The number of aryl methyl sites for hydroxylation is 1. The Morgan fingerprint density at radius 1 is 1.24 bits per heavy atom. The molecule has 0 bridgehead atoms. The molecule has 0 atom stereocenters. The first-order valence-corrected chi connectivity index (χ1v) is 10.3. The van der Waals surface area contributed by atoms with Crippen LogP contribution in [0.5, 0.6) is 0 Å². The molecule has 1 aliphatic rings. The number of hydrogen-bond acceptors (Lipinski definition) is 4. The summed E-state index contributed by atoms with van der Waals surface area (Å²) < 4.78 is 29.6. The van der Waals surface area contributed by atoms with Crippen molar-refractivity contribution >= 4 is 38.9 Å². The van der Waals surface area contributed by atoms with Crippen molar-refractivity contribution in [2.24, 2.45) is 0 Å². The van der Waals surface area contributed by atoms with Gasteiger partial charge in [-0.2, -0.15) is 0 Å². The minimum Gasteiger partial charge on any atom is -0.468 e. The van der Waals surface area contributed by atoms with E-state index in [1.54, 1.807) is 35.2 Å². The Morgan fingerprint density at radius 2 is 2.00 bits per heavy atom. The van der Waals surface area contributed by atoms with E-state index >= 15 is 0 Å². The van der Waals surface area contributed by atoms with Gasteiger partial charge in [0, 0.05) is 29.6 Å². The van der Waals surface area contributed by atoms with Gasteiger partial charge in [-0.3, -0.25) is 4.79 Å². The number of amides is 1. The zero-order chi connectivity index (χ0) is 18.0. The van der Waals surface area contributed by atoms with E-state index in [1.165, 1.54) is 6.26 Å². The Morgan fingerprint density at radius 3 is 2.64 bits per heavy atom. The Bertz CT molecular complexity index is 859. The molecule has 1 aromatic heterocycles. The minimum atomic E-state index is -3.31. The van der Waals surface area contributed by atoms with E-state index in [2.05, 4.69) is 0 Å². The van der Waals surface area contributed by atoms with Crippen molar-refractivity contribution < 1.29 is 17.6 Å². The van der Waals surface area contributed by atoms with Crippen molar-refractivity contribution in [1.82, 2.24) is 4.90 Å². The summed E-state index contributed by atoms with van der Waals surface area (Å²) in [6.07, 6.45) is 2.23. The van der Waals surface area contributed by atoms with Gasteiger partial charge in [-0.1, -0.05) is 29.3 Å². The molecular weight excluding hydrogens is 385 g/mol. The van der Waals surface area contributed by atoms with Crippen LogP contribution in [0.1, 0.15) is 17.7 Å². The number of rotatable bonds is 6. The number of benzene rings is 1. The van der Waals surface area contributed by atoms with Gasteiger partial charge < -0.3 is 9.32 Å². The number of hydrogen-bond donors (Lipinski definition) is 0. The second-order valence-electron chi connectivity index (χ2n) is 6.04. The van der Waals surface area contributed by atoms with Gasteiger partial charge in [-0.15, -0.1) is 0 Å². The molecule has 25 heavy (non-hydrogen) atoms. The standard InChI is InChI=1S/C17H17Cl2NO4S/c18-13-5-3-12(16(19)8-13)4-6-17(21)20-9-15(10-20)25(22,23)11-14-2-1-7-24-14/h1-3,5,7-8,15H,4,6,9-11H2. The number of nitrogens with zero attached hydrogens (tertiary/aromatic N) is 1. The maximum absolute atomic E-state index is 12.3. The number of sulfone groups is 1. The van der Waals surface area contributed by atoms with Gasteiger partial charge in [0.1, 0.15) is 11.5 Å². The van der Waals surface area contributed by atoms with Crippen molar-refractivity contribution in [3.63, 3.8) is 0 Å². The zero-order valence-electron chi connectivity index (χ0n) is 13.3. The number of carbonyl (C=O) groups excluding carboxylic acids is 1. The molecule has 0 N–H and O–H groups in total. The van der Waals surface area contributed by atoms with Crippen LogP contribution in [0.25, 0.3) is 0 Å². The molecular formula is C17H17Cl2NO4S. The highest BCUT2D eigenvalue weighted by molar-refractivity contribution is 7.91. The molecule has 8 heteroatoms. The third kappa shape index (κ3) is 4.37. The molecule has 5 nitrogen and oxygen atoms in total. The maximum atomic E-state index is 12.3. The van der Waals surface area contributed by atoms with E-state index < -0.39 is 15.1 Å². The van der Waals surface area contributed by atoms with Gasteiger partial charge in [-0.25, -0.2) is 8.42 Å². The maximum Gasteiger partial charge on any atom is 0.222 e. The molecule has 2 aromatic rings. The molecule has 0 unspecified atom stereocenters. The Labute approximate surface area is 156 Å². The van der Waals surface area contributed by atoms with Gasteiger partial charge in [-0.05, 0) is 36.2 Å². The summed E-state index contributed by atoms with van der Waals surface area (Å²) in [6.45, 7) is 0.465. The van der Waals surface area contributed by atoms with Crippen LogP contribution in [-0.2, 0) is 26.8 Å². The number of furan rings is 1. The van der Waals surface area contributed by atoms with E-state index in [4.69, 9.17) is 27.6 Å². The average molecular weight is 402 g/mol. The monoisotopic (exact) mass is 401 g/mol. The molecule has 1 aliphatic heterocycles. The molecule has 1 fully saturated rings. The quantitative estimate of drug-likeness (QED) is 0.743. The summed E-state index contributed by atoms with van der Waals surface area (Å²) >= 11 is 11.9. The molecule has 1 aromatic carbocycles. The fourth-order valence-electron chi connectivity index (χ4n) is 2.70. The number of carbonyl (C=O) groups is 1. The lowest BCUT2D eigenvalue weighted by Crippen LogP contribution is -2.57. The first kappa shape index (κ1) is 18.3. The van der Waals surface area contributed by atoms with Gasteiger partial charge in [0.2, 0.25) is 5.91 Å². The van der Waals surface area contributed by atoms with Crippen molar-refractivity contribution in [3.8, 4) is 0 Å². The van der Waals surface area contributed by atoms with Gasteiger partial charge >= 0.3 is 0 Å². The largest absolute Gasteiger partial charge is 0.468 e. The van der Waals surface area contributed by atoms with Crippen LogP contribution in [0.15, 0.2) is 41.0 Å². The van der Waals surface area contributed by atoms with Crippen LogP contribution >= 0.6 is 23.2 Å². The predicted octanol–water partition coefficient (Wildman–Crippen LogP) is 3.34. The van der Waals surface area contributed by atoms with Crippen molar-refractivity contribution in [2.45, 2.75) is 23.8 Å². The Balaban J connectivity index is 1.49. The highest BCUT2D eigenvalue weighted by Crippen LogP contribution is 2.24.